The molecule has 21 heavy (non-hydrogen) atoms. The summed E-state index contributed by atoms with van der Waals surface area (Å²) >= 11 is 0. The zero-order chi connectivity index (χ0) is 15.4. The molecule has 0 radical (unpaired) electrons. The third kappa shape index (κ3) is 3.54. The Hall–Kier alpha value is -2.49. The molecule has 4 nitrogen and oxygen atoms in total. The molecule has 2 aromatic rings. The van der Waals surface area contributed by atoms with Crippen molar-refractivity contribution < 1.29 is 4.74 Å². The molecule has 0 saturated carbocycles. The predicted molar refractivity (Wildman–Crippen MR) is 87.3 cm³/mol. The number of hydrogen-bond acceptors (Lipinski definition) is 3. The van der Waals surface area contributed by atoms with Crippen molar-refractivity contribution in [3.05, 3.63) is 59.2 Å². The van der Waals surface area contributed by atoms with Gasteiger partial charge in [0, 0.05) is 24.8 Å². The molecule has 0 aliphatic carbocycles. The minimum absolute atomic E-state index is 0.0929. The fourth-order valence-corrected chi connectivity index (χ4v) is 2.29. The number of aryl methyl sites for hydroxylation is 1. The van der Waals surface area contributed by atoms with Crippen LogP contribution in [0, 0.1) is 12.3 Å². The Balaban J connectivity index is 2.23. The van der Waals surface area contributed by atoms with Gasteiger partial charge in [-0.1, -0.05) is 23.8 Å². The van der Waals surface area contributed by atoms with Gasteiger partial charge in [-0.25, -0.2) is 0 Å². The number of nitrogens with zero attached hydrogens (tertiary/aromatic N) is 1. The van der Waals surface area contributed by atoms with Gasteiger partial charge in [0.15, 0.2) is 0 Å². The van der Waals surface area contributed by atoms with Crippen molar-refractivity contribution >= 4 is 11.5 Å². The Morgan fingerprint density at radius 1 is 1.19 bits per heavy atom. The van der Waals surface area contributed by atoms with Crippen molar-refractivity contribution in [2.75, 3.05) is 19.1 Å². The summed E-state index contributed by atoms with van der Waals surface area (Å²) in [7, 11) is 3.66. The van der Waals surface area contributed by atoms with Gasteiger partial charge >= 0.3 is 0 Å². The first kappa shape index (κ1) is 14.9. The van der Waals surface area contributed by atoms with Crippen LogP contribution in [0.25, 0.3) is 0 Å². The Labute approximate surface area is 125 Å². The lowest BCUT2D eigenvalue weighted by Crippen LogP contribution is -2.22. The van der Waals surface area contributed by atoms with Crippen molar-refractivity contribution in [3.63, 3.8) is 0 Å². The fourth-order valence-electron chi connectivity index (χ4n) is 2.29. The maximum absolute atomic E-state index is 7.73. The minimum Gasteiger partial charge on any atom is -0.497 e. The first-order valence-electron chi connectivity index (χ1n) is 6.80. The fraction of sp³-hybridized carbons (Fsp3) is 0.235. The molecule has 2 aromatic carbocycles. The van der Waals surface area contributed by atoms with Crippen molar-refractivity contribution in [1.29, 1.82) is 5.41 Å². The average molecular weight is 283 g/mol. The lowest BCUT2D eigenvalue weighted by Gasteiger charge is -2.22. The second-order valence-corrected chi connectivity index (χ2v) is 5.14. The standard InChI is InChI=1S/C17H21N3O/c1-12-4-9-16(15(10-12)17(18)19)20(2)11-13-5-7-14(21-3)8-6-13/h4-10H,11H2,1-3H3,(H3,18,19). The maximum Gasteiger partial charge on any atom is 0.124 e. The number of benzene rings is 2. The number of nitrogens with two attached hydrogens (primary N) is 1. The van der Waals surface area contributed by atoms with Gasteiger partial charge in [0.25, 0.3) is 0 Å². The molecule has 0 aliphatic rings. The van der Waals surface area contributed by atoms with Crippen molar-refractivity contribution in [1.82, 2.24) is 0 Å². The van der Waals surface area contributed by atoms with Crippen LogP contribution >= 0.6 is 0 Å². The van der Waals surface area contributed by atoms with E-state index >= 15 is 0 Å². The van der Waals surface area contributed by atoms with E-state index < -0.39 is 0 Å². The summed E-state index contributed by atoms with van der Waals surface area (Å²) in [6, 6.07) is 14.0. The summed E-state index contributed by atoms with van der Waals surface area (Å²) in [5, 5.41) is 7.73. The number of nitrogen functional groups attached to an aromatic ring is 1. The smallest absolute Gasteiger partial charge is 0.124 e. The molecular formula is C17H21N3O. The molecule has 4 heteroatoms. The van der Waals surface area contributed by atoms with Gasteiger partial charge in [0.05, 0.1) is 7.11 Å². The molecule has 2 rings (SSSR count). The molecule has 0 fully saturated rings. The molecule has 0 saturated heterocycles. The van der Waals surface area contributed by atoms with E-state index in [4.69, 9.17) is 15.9 Å². The molecule has 0 atom stereocenters. The SMILES string of the molecule is COc1ccc(CN(C)c2ccc(C)cc2C(=N)N)cc1. The highest BCUT2D eigenvalue weighted by molar-refractivity contribution is 6.00. The Morgan fingerprint density at radius 3 is 2.43 bits per heavy atom. The summed E-state index contributed by atoms with van der Waals surface area (Å²) in [6.07, 6.45) is 0. The van der Waals surface area contributed by atoms with Crippen LogP contribution in [0.15, 0.2) is 42.5 Å². The van der Waals surface area contributed by atoms with Gasteiger partial charge in [0.2, 0.25) is 0 Å². The van der Waals surface area contributed by atoms with Gasteiger partial charge in [0.1, 0.15) is 11.6 Å². The summed E-state index contributed by atoms with van der Waals surface area (Å²) in [5.74, 6) is 0.941. The average Bonchev–Trinajstić information content (AvgIpc) is 2.47. The summed E-state index contributed by atoms with van der Waals surface area (Å²) < 4.78 is 5.16. The highest BCUT2D eigenvalue weighted by atomic mass is 16.5. The summed E-state index contributed by atoms with van der Waals surface area (Å²) in [5.41, 5.74) is 9.70. The number of rotatable bonds is 5. The molecule has 0 aliphatic heterocycles. The van der Waals surface area contributed by atoms with Crippen LogP contribution in [0.1, 0.15) is 16.7 Å². The zero-order valence-corrected chi connectivity index (χ0v) is 12.7. The second-order valence-electron chi connectivity index (χ2n) is 5.14. The Morgan fingerprint density at radius 2 is 1.86 bits per heavy atom. The highest BCUT2D eigenvalue weighted by Crippen LogP contribution is 2.23. The zero-order valence-electron chi connectivity index (χ0n) is 12.7. The van der Waals surface area contributed by atoms with Crippen LogP contribution in [0.5, 0.6) is 5.75 Å². The number of anilines is 1. The molecular weight excluding hydrogens is 262 g/mol. The van der Waals surface area contributed by atoms with Gasteiger partial charge in [-0.2, -0.15) is 0 Å². The number of hydrogen-bond donors (Lipinski definition) is 2. The lowest BCUT2D eigenvalue weighted by molar-refractivity contribution is 0.414. The van der Waals surface area contributed by atoms with Crippen molar-refractivity contribution in [2.45, 2.75) is 13.5 Å². The molecule has 3 N–H and O–H groups in total. The van der Waals surface area contributed by atoms with Gasteiger partial charge in [-0.15, -0.1) is 0 Å². The minimum atomic E-state index is 0.0929. The van der Waals surface area contributed by atoms with E-state index in [0.717, 1.165) is 29.1 Å². The van der Waals surface area contributed by atoms with Crippen LogP contribution in [0.2, 0.25) is 0 Å². The van der Waals surface area contributed by atoms with E-state index in [1.165, 1.54) is 5.56 Å². The van der Waals surface area contributed by atoms with Gasteiger partial charge < -0.3 is 15.4 Å². The first-order valence-corrected chi connectivity index (χ1v) is 6.80. The lowest BCUT2D eigenvalue weighted by atomic mass is 10.1. The van der Waals surface area contributed by atoms with Crippen LogP contribution in [-0.4, -0.2) is 20.0 Å². The molecule has 0 bridgehead atoms. The van der Waals surface area contributed by atoms with E-state index in [2.05, 4.69) is 4.90 Å². The quantitative estimate of drug-likeness (QED) is 0.655. The Bertz CT molecular complexity index is 635. The topological polar surface area (TPSA) is 62.3 Å². The van der Waals surface area contributed by atoms with Crippen molar-refractivity contribution in [3.8, 4) is 5.75 Å². The van der Waals surface area contributed by atoms with Crippen LogP contribution < -0.4 is 15.4 Å². The third-order valence-electron chi connectivity index (χ3n) is 3.43. The number of amidine groups is 1. The Kier molecular flexibility index (Phi) is 4.48. The van der Waals surface area contributed by atoms with E-state index in [-0.39, 0.29) is 5.84 Å². The van der Waals surface area contributed by atoms with E-state index in [0.29, 0.717) is 0 Å². The van der Waals surface area contributed by atoms with Gasteiger partial charge in [-0.3, -0.25) is 5.41 Å². The molecule has 0 spiro atoms. The van der Waals surface area contributed by atoms with E-state index in [1.54, 1.807) is 7.11 Å². The van der Waals surface area contributed by atoms with E-state index in [1.807, 2.05) is 56.4 Å². The van der Waals surface area contributed by atoms with Crippen molar-refractivity contribution in [2.24, 2.45) is 5.73 Å². The summed E-state index contributed by atoms with van der Waals surface area (Å²) in [4.78, 5) is 2.10. The van der Waals surface area contributed by atoms with E-state index in [9.17, 15) is 0 Å². The molecule has 0 unspecified atom stereocenters. The molecule has 0 heterocycles. The number of methoxy groups -OCH3 is 1. The predicted octanol–water partition coefficient (Wildman–Crippen LogP) is 2.92. The summed E-state index contributed by atoms with van der Waals surface area (Å²) in [6.45, 7) is 2.74. The van der Waals surface area contributed by atoms with Crippen LogP contribution in [0.3, 0.4) is 0 Å². The number of ether oxygens (including phenoxy) is 1. The third-order valence-corrected chi connectivity index (χ3v) is 3.43. The van der Waals surface area contributed by atoms with Crippen LogP contribution in [-0.2, 0) is 6.54 Å². The normalized spacial score (nSPS) is 10.2. The molecule has 110 valence electrons. The monoisotopic (exact) mass is 283 g/mol. The highest BCUT2D eigenvalue weighted by Gasteiger charge is 2.10. The van der Waals surface area contributed by atoms with Crippen LogP contribution in [0.4, 0.5) is 5.69 Å². The molecule has 0 amide bonds. The van der Waals surface area contributed by atoms with Gasteiger partial charge in [-0.05, 0) is 36.8 Å². The first-order chi connectivity index (χ1) is 10.0. The number of nitrogens with one attached hydrogen (secondary N) is 1. The molecule has 0 aromatic heterocycles. The maximum atomic E-state index is 7.73. The largest absolute Gasteiger partial charge is 0.497 e. The second kappa shape index (κ2) is 6.31.